The predicted octanol–water partition coefficient (Wildman–Crippen LogP) is 2.98. The summed E-state index contributed by atoms with van der Waals surface area (Å²) >= 11 is 0. The standard InChI is InChI=1S/C11H22N2O2.C3H8/c1-5-12-6-8-13(9-7-12)10(14)15-11(2,3)4;1-3-2/h5-9H2,1-4H3;3H2,1-2H3. The van der Waals surface area contributed by atoms with E-state index < -0.39 is 0 Å². The summed E-state index contributed by atoms with van der Waals surface area (Å²) in [6.45, 7) is 16.6. The Labute approximate surface area is 112 Å². The molecule has 1 amide bonds. The zero-order valence-corrected chi connectivity index (χ0v) is 13.0. The van der Waals surface area contributed by atoms with Gasteiger partial charge in [-0.3, -0.25) is 0 Å². The lowest BCUT2D eigenvalue weighted by atomic mass is 10.2. The molecule has 0 atom stereocenters. The molecule has 0 aromatic rings. The molecular formula is C14H30N2O2. The Morgan fingerprint density at radius 1 is 1.06 bits per heavy atom. The molecule has 108 valence electrons. The quantitative estimate of drug-likeness (QED) is 0.725. The Kier molecular flexibility index (Phi) is 8.00. The molecule has 0 unspecified atom stereocenters. The van der Waals surface area contributed by atoms with Crippen molar-refractivity contribution in [2.75, 3.05) is 32.7 Å². The van der Waals surface area contributed by atoms with Gasteiger partial charge < -0.3 is 14.5 Å². The molecular weight excluding hydrogens is 228 g/mol. The molecule has 1 heterocycles. The molecule has 18 heavy (non-hydrogen) atoms. The van der Waals surface area contributed by atoms with Gasteiger partial charge in [-0.2, -0.15) is 0 Å². The van der Waals surface area contributed by atoms with Crippen LogP contribution in [0.2, 0.25) is 0 Å². The van der Waals surface area contributed by atoms with E-state index in [0.29, 0.717) is 0 Å². The van der Waals surface area contributed by atoms with E-state index in [-0.39, 0.29) is 11.7 Å². The third-order valence-corrected chi connectivity index (χ3v) is 2.47. The van der Waals surface area contributed by atoms with Crippen LogP contribution in [0.1, 0.15) is 48.0 Å². The average molecular weight is 258 g/mol. The highest BCUT2D eigenvalue weighted by Crippen LogP contribution is 2.11. The molecule has 0 N–H and O–H groups in total. The van der Waals surface area contributed by atoms with E-state index in [4.69, 9.17) is 4.74 Å². The van der Waals surface area contributed by atoms with Crippen LogP contribution in [0.25, 0.3) is 0 Å². The fourth-order valence-corrected chi connectivity index (χ4v) is 1.57. The van der Waals surface area contributed by atoms with Crippen molar-refractivity contribution in [3.05, 3.63) is 0 Å². The topological polar surface area (TPSA) is 32.8 Å². The summed E-state index contributed by atoms with van der Waals surface area (Å²) in [5.74, 6) is 0. The molecule has 0 saturated carbocycles. The summed E-state index contributed by atoms with van der Waals surface area (Å²) in [7, 11) is 0. The van der Waals surface area contributed by atoms with Crippen LogP contribution < -0.4 is 0 Å². The molecule has 0 aromatic carbocycles. The van der Waals surface area contributed by atoms with Gasteiger partial charge >= 0.3 is 6.09 Å². The first-order chi connectivity index (χ1) is 8.34. The Hall–Kier alpha value is -0.770. The Morgan fingerprint density at radius 3 is 1.83 bits per heavy atom. The molecule has 1 saturated heterocycles. The van der Waals surface area contributed by atoms with E-state index >= 15 is 0 Å². The van der Waals surface area contributed by atoms with Crippen LogP contribution in [0.4, 0.5) is 4.79 Å². The minimum Gasteiger partial charge on any atom is -0.444 e. The lowest BCUT2D eigenvalue weighted by Crippen LogP contribution is -2.49. The van der Waals surface area contributed by atoms with Gasteiger partial charge in [-0.05, 0) is 27.3 Å². The SMILES string of the molecule is CCC.CCN1CCN(C(=O)OC(C)(C)C)CC1. The van der Waals surface area contributed by atoms with Crippen molar-refractivity contribution < 1.29 is 9.53 Å². The van der Waals surface area contributed by atoms with E-state index in [1.54, 1.807) is 4.90 Å². The van der Waals surface area contributed by atoms with Crippen molar-refractivity contribution in [2.24, 2.45) is 0 Å². The molecule has 0 aliphatic carbocycles. The van der Waals surface area contributed by atoms with E-state index in [0.717, 1.165) is 32.7 Å². The first kappa shape index (κ1) is 17.2. The number of ether oxygens (including phenoxy) is 1. The van der Waals surface area contributed by atoms with E-state index in [2.05, 4.69) is 25.7 Å². The van der Waals surface area contributed by atoms with Gasteiger partial charge in [-0.15, -0.1) is 0 Å². The zero-order valence-electron chi connectivity index (χ0n) is 13.0. The number of hydrogen-bond donors (Lipinski definition) is 0. The molecule has 0 radical (unpaired) electrons. The first-order valence-electron chi connectivity index (χ1n) is 7.04. The number of carbonyl (C=O) groups excluding carboxylic acids is 1. The van der Waals surface area contributed by atoms with Gasteiger partial charge in [0.15, 0.2) is 0 Å². The summed E-state index contributed by atoms with van der Waals surface area (Å²) in [5, 5.41) is 0. The normalized spacial score (nSPS) is 16.9. The van der Waals surface area contributed by atoms with Crippen molar-refractivity contribution >= 4 is 6.09 Å². The van der Waals surface area contributed by atoms with Crippen LogP contribution in [0.5, 0.6) is 0 Å². The lowest BCUT2D eigenvalue weighted by molar-refractivity contribution is 0.0149. The van der Waals surface area contributed by atoms with Gasteiger partial charge in [0.1, 0.15) is 5.60 Å². The van der Waals surface area contributed by atoms with Crippen LogP contribution in [-0.2, 0) is 4.74 Å². The van der Waals surface area contributed by atoms with Gasteiger partial charge in [0.05, 0.1) is 0 Å². The number of nitrogens with zero attached hydrogens (tertiary/aromatic N) is 2. The summed E-state index contributed by atoms with van der Waals surface area (Å²) in [4.78, 5) is 15.8. The number of hydrogen-bond acceptors (Lipinski definition) is 3. The fourth-order valence-electron chi connectivity index (χ4n) is 1.57. The predicted molar refractivity (Wildman–Crippen MR) is 75.9 cm³/mol. The van der Waals surface area contributed by atoms with Crippen molar-refractivity contribution in [3.63, 3.8) is 0 Å². The number of likely N-dealkylation sites (N-methyl/N-ethyl adjacent to an activating group) is 1. The Bertz CT molecular complexity index is 228. The number of carbonyl (C=O) groups is 1. The second-order valence-electron chi connectivity index (χ2n) is 5.61. The largest absolute Gasteiger partial charge is 0.444 e. The van der Waals surface area contributed by atoms with Crippen molar-refractivity contribution in [2.45, 2.75) is 53.6 Å². The van der Waals surface area contributed by atoms with Gasteiger partial charge in [0.2, 0.25) is 0 Å². The van der Waals surface area contributed by atoms with Gasteiger partial charge in [-0.1, -0.05) is 27.2 Å². The van der Waals surface area contributed by atoms with E-state index in [1.165, 1.54) is 6.42 Å². The molecule has 1 fully saturated rings. The third-order valence-electron chi connectivity index (χ3n) is 2.47. The highest BCUT2D eigenvalue weighted by molar-refractivity contribution is 5.68. The smallest absolute Gasteiger partial charge is 0.410 e. The molecule has 1 aliphatic rings. The summed E-state index contributed by atoms with van der Waals surface area (Å²) < 4.78 is 5.31. The fraction of sp³-hybridized carbons (Fsp3) is 0.929. The van der Waals surface area contributed by atoms with Crippen LogP contribution >= 0.6 is 0 Å². The number of piperazine rings is 1. The highest BCUT2D eigenvalue weighted by atomic mass is 16.6. The molecule has 1 aliphatic heterocycles. The zero-order chi connectivity index (χ0) is 14.2. The van der Waals surface area contributed by atoms with Crippen molar-refractivity contribution in [1.82, 2.24) is 9.80 Å². The minimum atomic E-state index is -0.390. The van der Waals surface area contributed by atoms with Gasteiger partial charge in [-0.25, -0.2) is 4.79 Å². The molecule has 1 rings (SSSR count). The minimum absolute atomic E-state index is 0.182. The third kappa shape index (κ3) is 7.54. The van der Waals surface area contributed by atoms with Crippen molar-refractivity contribution in [3.8, 4) is 0 Å². The molecule has 0 spiro atoms. The van der Waals surface area contributed by atoms with E-state index in [9.17, 15) is 4.79 Å². The van der Waals surface area contributed by atoms with Crippen LogP contribution in [0, 0.1) is 0 Å². The summed E-state index contributed by atoms with van der Waals surface area (Å²) in [6, 6.07) is 0. The van der Waals surface area contributed by atoms with Crippen molar-refractivity contribution in [1.29, 1.82) is 0 Å². The summed E-state index contributed by atoms with van der Waals surface area (Å²) in [5.41, 5.74) is -0.390. The monoisotopic (exact) mass is 258 g/mol. The second kappa shape index (κ2) is 8.35. The number of amides is 1. The van der Waals surface area contributed by atoms with Crippen LogP contribution in [0.15, 0.2) is 0 Å². The molecule has 4 heteroatoms. The molecule has 0 aromatic heterocycles. The average Bonchev–Trinajstić information content (AvgIpc) is 2.28. The van der Waals surface area contributed by atoms with Crippen LogP contribution in [0.3, 0.4) is 0 Å². The lowest BCUT2D eigenvalue weighted by Gasteiger charge is -2.35. The Balaban J connectivity index is 0.000000873. The first-order valence-corrected chi connectivity index (χ1v) is 7.04. The van der Waals surface area contributed by atoms with Crippen LogP contribution in [-0.4, -0.2) is 54.2 Å². The number of rotatable bonds is 1. The molecule has 4 nitrogen and oxygen atoms in total. The summed E-state index contributed by atoms with van der Waals surface area (Å²) in [6.07, 6.45) is 1.07. The Morgan fingerprint density at radius 2 is 1.50 bits per heavy atom. The van der Waals surface area contributed by atoms with Gasteiger partial charge in [0, 0.05) is 26.2 Å². The highest BCUT2D eigenvalue weighted by Gasteiger charge is 2.24. The second-order valence-corrected chi connectivity index (χ2v) is 5.61. The van der Waals surface area contributed by atoms with E-state index in [1.807, 2.05) is 20.8 Å². The van der Waals surface area contributed by atoms with Gasteiger partial charge in [0.25, 0.3) is 0 Å². The maximum absolute atomic E-state index is 11.7. The molecule has 0 bridgehead atoms. The maximum atomic E-state index is 11.7. The maximum Gasteiger partial charge on any atom is 0.410 e.